The highest BCUT2D eigenvalue weighted by atomic mass is 32.2. The summed E-state index contributed by atoms with van der Waals surface area (Å²) in [6.07, 6.45) is 0.473. The number of sulfone groups is 1. The van der Waals surface area contributed by atoms with Gasteiger partial charge in [-0.3, -0.25) is 4.79 Å². The zero-order valence-electron chi connectivity index (χ0n) is 17.3. The fraction of sp³-hybridized carbons (Fsp3) is 0.435. The number of ether oxygens (including phenoxy) is 1. The van der Waals surface area contributed by atoms with Crippen molar-refractivity contribution in [1.29, 1.82) is 0 Å². The molecule has 0 radical (unpaired) electrons. The Morgan fingerprint density at radius 1 is 1.07 bits per heavy atom. The molecule has 156 valence electrons. The van der Waals surface area contributed by atoms with Crippen molar-refractivity contribution in [3.8, 4) is 5.75 Å². The molecule has 1 saturated heterocycles. The Bertz CT molecular complexity index is 931. The van der Waals surface area contributed by atoms with Gasteiger partial charge in [0.15, 0.2) is 16.4 Å². The SMILES string of the molecule is CC(C)(C)c1ccc(OCC(=O)N(Cc2ccccc2)[C@H]2CCS(=O)(=O)C2)cc1. The van der Waals surface area contributed by atoms with E-state index in [1.54, 1.807) is 4.90 Å². The van der Waals surface area contributed by atoms with E-state index in [1.165, 1.54) is 5.56 Å². The highest BCUT2D eigenvalue weighted by Crippen LogP contribution is 2.25. The minimum absolute atomic E-state index is 0.0197. The van der Waals surface area contributed by atoms with E-state index in [0.29, 0.717) is 18.7 Å². The van der Waals surface area contributed by atoms with Crippen LogP contribution in [-0.4, -0.2) is 43.4 Å². The molecule has 3 rings (SSSR count). The Hall–Kier alpha value is -2.34. The van der Waals surface area contributed by atoms with Crippen LogP contribution >= 0.6 is 0 Å². The molecule has 0 bridgehead atoms. The van der Waals surface area contributed by atoms with Gasteiger partial charge in [-0.05, 0) is 35.1 Å². The van der Waals surface area contributed by atoms with Crippen LogP contribution in [0.25, 0.3) is 0 Å². The lowest BCUT2D eigenvalue weighted by Gasteiger charge is -2.28. The summed E-state index contributed by atoms with van der Waals surface area (Å²) in [5, 5.41) is 0. The lowest BCUT2D eigenvalue weighted by Crippen LogP contribution is -2.43. The number of hydrogen-bond acceptors (Lipinski definition) is 4. The Kier molecular flexibility index (Phi) is 6.32. The van der Waals surface area contributed by atoms with Crippen LogP contribution in [0.4, 0.5) is 0 Å². The minimum Gasteiger partial charge on any atom is -0.484 e. The molecule has 0 unspecified atom stereocenters. The van der Waals surface area contributed by atoms with Crippen LogP contribution in [0.5, 0.6) is 5.75 Å². The average Bonchev–Trinajstić information content (AvgIpc) is 3.04. The highest BCUT2D eigenvalue weighted by Gasteiger charge is 2.34. The van der Waals surface area contributed by atoms with E-state index in [0.717, 1.165) is 5.56 Å². The van der Waals surface area contributed by atoms with E-state index >= 15 is 0 Å². The first kappa shape index (κ1) is 21.4. The number of nitrogens with zero attached hydrogens (tertiary/aromatic N) is 1. The first-order chi connectivity index (χ1) is 13.6. The number of amides is 1. The Balaban J connectivity index is 1.69. The average molecular weight is 416 g/mol. The maximum Gasteiger partial charge on any atom is 0.261 e. The van der Waals surface area contributed by atoms with Crippen LogP contribution in [0, 0.1) is 0 Å². The monoisotopic (exact) mass is 415 g/mol. The molecule has 2 aromatic rings. The maximum absolute atomic E-state index is 13.0. The zero-order valence-corrected chi connectivity index (χ0v) is 18.1. The molecule has 1 aliphatic rings. The lowest BCUT2D eigenvalue weighted by molar-refractivity contribution is -0.136. The normalized spacial score (nSPS) is 18.4. The van der Waals surface area contributed by atoms with Gasteiger partial charge in [0.25, 0.3) is 5.91 Å². The van der Waals surface area contributed by atoms with Crippen molar-refractivity contribution < 1.29 is 17.9 Å². The molecular formula is C23H29NO4S. The van der Waals surface area contributed by atoms with Crippen molar-refractivity contribution in [2.45, 2.75) is 45.2 Å². The summed E-state index contributed by atoms with van der Waals surface area (Å²) in [5.41, 5.74) is 2.21. The highest BCUT2D eigenvalue weighted by molar-refractivity contribution is 7.91. The third-order valence-electron chi connectivity index (χ3n) is 5.25. The smallest absolute Gasteiger partial charge is 0.261 e. The van der Waals surface area contributed by atoms with Gasteiger partial charge in [0.05, 0.1) is 11.5 Å². The Labute approximate surface area is 173 Å². The first-order valence-electron chi connectivity index (χ1n) is 9.91. The van der Waals surface area contributed by atoms with Crippen molar-refractivity contribution in [3.63, 3.8) is 0 Å². The van der Waals surface area contributed by atoms with Crippen LogP contribution in [0.1, 0.15) is 38.3 Å². The van der Waals surface area contributed by atoms with Gasteiger partial charge in [0, 0.05) is 12.6 Å². The van der Waals surface area contributed by atoms with E-state index in [1.807, 2.05) is 54.6 Å². The molecule has 1 fully saturated rings. The van der Waals surface area contributed by atoms with Crippen molar-refractivity contribution in [1.82, 2.24) is 4.90 Å². The molecule has 1 heterocycles. The minimum atomic E-state index is -3.09. The van der Waals surface area contributed by atoms with Crippen LogP contribution in [0.3, 0.4) is 0 Å². The van der Waals surface area contributed by atoms with Crippen LogP contribution in [0.15, 0.2) is 54.6 Å². The van der Waals surface area contributed by atoms with Gasteiger partial charge in [-0.15, -0.1) is 0 Å². The van der Waals surface area contributed by atoms with Crippen LogP contribution in [0.2, 0.25) is 0 Å². The quantitative estimate of drug-likeness (QED) is 0.723. The third-order valence-corrected chi connectivity index (χ3v) is 7.00. The molecule has 0 saturated carbocycles. The molecule has 6 heteroatoms. The second-order valence-corrected chi connectivity index (χ2v) is 10.9. The summed E-state index contributed by atoms with van der Waals surface area (Å²) < 4.78 is 29.6. The molecule has 0 aromatic heterocycles. The summed E-state index contributed by atoms with van der Waals surface area (Å²) in [6.45, 7) is 6.70. The van der Waals surface area contributed by atoms with E-state index in [4.69, 9.17) is 4.74 Å². The Morgan fingerprint density at radius 3 is 2.28 bits per heavy atom. The van der Waals surface area contributed by atoms with Gasteiger partial charge in [-0.25, -0.2) is 8.42 Å². The lowest BCUT2D eigenvalue weighted by atomic mass is 9.87. The van der Waals surface area contributed by atoms with Gasteiger partial charge < -0.3 is 9.64 Å². The summed E-state index contributed by atoms with van der Waals surface area (Å²) in [6, 6.07) is 17.1. The molecule has 1 aliphatic heterocycles. The number of carbonyl (C=O) groups excluding carboxylic acids is 1. The molecule has 29 heavy (non-hydrogen) atoms. The number of rotatable bonds is 6. The summed E-state index contributed by atoms with van der Waals surface area (Å²) in [5.74, 6) is 0.581. The number of hydrogen-bond donors (Lipinski definition) is 0. The number of benzene rings is 2. The van der Waals surface area contributed by atoms with Crippen molar-refractivity contribution >= 4 is 15.7 Å². The fourth-order valence-electron chi connectivity index (χ4n) is 3.50. The van der Waals surface area contributed by atoms with E-state index in [9.17, 15) is 13.2 Å². The first-order valence-corrected chi connectivity index (χ1v) is 11.7. The van der Waals surface area contributed by atoms with Gasteiger partial charge in [-0.2, -0.15) is 0 Å². The van der Waals surface area contributed by atoms with E-state index in [-0.39, 0.29) is 35.5 Å². The van der Waals surface area contributed by atoms with Crippen molar-refractivity contribution in [2.75, 3.05) is 18.1 Å². The topological polar surface area (TPSA) is 63.7 Å². The van der Waals surface area contributed by atoms with Gasteiger partial charge in [0.1, 0.15) is 5.75 Å². The molecule has 2 aromatic carbocycles. The third kappa shape index (κ3) is 5.82. The van der Waals surface area contributed by atoms with E-state index in [2.05, 4.69) is 20.8 Å². The fourth-order valence-corrected chi connectivity index (χ4v) is 5.23. The van der Waals surface area contributed by atoms with Gasteiger partial charge >= 0.3 is 0 Å². The summed E-state index contributed by atoms with van der Waals surface area (Å²) in [4.78, 5) is 14.6. The van der Waals surface area contributed by atoms with Crippen LogP contribution in [-0.2, 0) is 26.6 Å². The van der Waals surface area contributed by atoms with Gasteiger partial charge in [-0.1, -0.05) is 63.2 Å². The van der Waals surface area contributed by atoms with Crippen LogP contribution < -0.4 is 4.74 Å². The molecule has 1 atom stereocenters. The summed E-state index contributed by atoms with van der Waals surface area (Å²) >= 11 is 0. The Morgan fingerprint density at radius 2 is 1.72 bits per heavy atom. The molecule has 1 amide bonds. The second-order valence-electron chi connectivity index (χ2n) is 8.63. The second kappa shape index (κ2) is 8.57. The molecule has 0 spiro atoms. The van der Waals surface area contributed by atoms with Crippen molar-refractivity contribution in [3.05, 3.63) is 65.7 Å². The van der Waals surface area contributed by atoms with Crippen molar-refractivity contribution in [2.24, 2.45) is 0 Å². The predicted octanol–water partition coefficient (Wildman–Crippen LogP) is 3.58. The standard InChI is InChI=1S/C23H29NO4S/c1-23(2,3)19-9-11-21(12-10-19)28-16-22(25)24(15-18-7-5-4-6-8-18)20-13-14-29(26,27)17-20/h4-12,20H,13-17H2,1-3H3/t20-/m0/s1. The molecule has 5 nitrogen and oxygen atoms in total. The molecular weight excluding hydrogens is 386 g/mol. The molecule has 0 N–H and O–H groups in total. The zero-order chi connectivity index (χ0) is 21.1. The summed E-state index contributed by atoms with van der Waals surface area (Å²) in [7, 11) is -3.09. The predicted molar refractivity (Wildman–Crippen MR) is 115 cm³/mol. The van der Waals surface area contributed by atoms with E-state index < -0.39 is 9.84 Å². The van der Waals surface area contributed by atoms with Gasteiger partial charge in [0.2, 0.25) is 0 Å². The maximum atomic E-state index is 13.0. The molecule has 0 aliphatic carbocycles. The largest absolute Gasteiger partial charge is 0.484 e. The number of carbonyl (C=O) groups is 1.